The van der Waals surface area contributed by atoms with Gasteiger partial charge >= 0.3 is 0 Å². The molecule has 0 unspecified atom stereocenters. The van der Waals surface area contributed by atoms with E-state index in [1.165, 1.54) is 0 Å². The molecule has 0 bridgehead atoms. The van der Waals surface area contributed by atoms with Crippen molar-refractivity contribution in [3.63, 3.8) is 0 Å². The Kier molecular flexibility index (Phi) is 4.24. The van der Waals surface area contributed by atoms with E-state index >= 15 is 0 Å². The largest absolute Gasteiger partial charge is 0.397 e. The molecule has 1 amide bonds. The van der Waals surface area contributed by atoms with Crippen LogP contribution in [0, 0.1) is 11.3 Å². The van der Waals surface area contributed by atoms with Crippen molar-refractivity contribution in [2.75, 3.05) is 17.6 Å². The Bertz CT molecular complexity index is 503. The van der Waals surface area contributed by atoms with Gasteiger partial charge in [-0.25, -0.2) is 0 Å². The van der Waals surface area contributed by atoms with E-state index in [1.54, 1.807) is 18.2 Å². The number of anilines is 2. The normalized spacial score (nSPS) is 13.6. The number of rotatable bonds is 6. The summed E-state index contributed by atoms with van der Waals surface area (Å²) >= 11 is 0. The van der Waals surface area contributed by atoms with Gasteiger partial charge in [0.05, 0.1) is 23.0 Å². The predicted molar refractivity (Wildman–Crippen MR) is 74.5 cm³/mol. The van der Waals surface area contributed by atoms with Crippen LogP contribution < -0.4 is 16.4 Å². The van der Waals surface area contributed by atoms with Crippen LogP contribution in [0.15, 0.2) is 18.2 Å². The number of nitriles is 1. The second-order valence-corrected chi connectivity index (χ2v) is 4.79. The van der Waals surface area contributed by atoms with Gasteiger partial charge < -0.3 is 16.4 Å². The topological polar surface area (TPSA) is 90.9 Å². The van der Waals surface area contributed by atoms with Crippen molar-refractivity contribution in [2.24, 2.45) is 0 Å². The number of carbonyl (C=O) groups is 1. The smallest absolute Gasteiger partial charge is 0.220 e. The average Bonchev–Trinajstić information content (AvgIpc) is 3.20. The summed E-state index contributed by atoms with van der Waals surface area (Å²) in [6.45, 7) is 0.664. The lowest BCUT2D eigenvalue weighted by atomic mass is 10.2. The van der Waals surface area contributed by atoms with Crippen molar-refractivity contribution in [3.8, 4) is 6.07 Å². The Morgan fingerprint density at radius 3 is 2.95 bits per heavy atom. The van der Waals surface area contributed by atoms with Gasteiger partial charge in [0.2, 0.25) is 5.91 Å². The van der Waals surface area contributed by atoms with Crippen molar-refractivity contribution in [1.82, 2.24) is 5.32 Å². The van der Waals surface area contributed by atoms with E-state index in [4.69, 9.17) is 11.0 Å². The van der Waals surface area contributed by atoms with Gasteiger partial charge in [0.15, 0.2) is 0 Å². The molecular formula is C14H18N4O. The minimum atomic E-state index is 0.114. The van der Waals surface area contributed by atoms with E-state index in [0.29, 0.717) is 30.3 Å². The van der Waals surface area contributed by atoms with Crippen LogP contribution in [-0.4, -0.2) is 18.5 Å². The SMILES string of the molecule is N#Cc1ccc(N)c(NCCCC(=O)NC2CC2)c1. The molecule has 1 aliphatic rings. The van der Waals surface area contributed by atoms with E-state index in [9.17, 15) is 4.79 Å². The van der Waals surface area contributed by atoms with Gasteiger partial charge in [0.1, 0.15) is 0 Å². The molecule has 1 aromatic carbocycles. The van der Waals surface area contributed by atoms with Gasteiger partial charge in [0, 0.05) is 19.0 Å². The van der Waals surface area contributed by atoms with E-state index in [1.807, 2.05) is 0 Å². The van der Waals surface area contributed by atoms with Gasteiger partial charge in [-0.05, 0) is 37.5 Å². The van der Waals surface area contributed by atoms with E-state index in [2.05, 4.69) is 16.7 Å². The highest BCUT2D eigenvalue weighted by Crippen LogP contribution is 2.20. The quantitative estimate of drug-likeness (QED) is 0.534. The summed E-state index contributed by atoms with van der Waals surface area (Å²) < 4.78 is 0. The number of nitrogens with zero attached hydrogens (tertiary/aromatic N) is 1. The van der Waals surface area contributed by atoms with Gasteiger partial charge in [-0.2, -0.15) is 5.26 Å². The summed E-state index contributed by atoms with van der Waals surface area (Å²) in [6, 6.07) is 7.61. The molecule has 1 aromatic rings. The lowest BCUT2D eigenvalue weighted by molar-refractivity contribution is -0.121. The molecule has 5 nitrogen and oxygen atoms in total. The van der Waals surface area contributed by atoms with Crippen molar-refractivity contribution in [2.45, 2.75) is 31.7 Å². The Morgan fingerprint density at radius 2 is 2.26 bits per heavy atom. The van der Waals surface area contributed by atoms with Crippen LogP contribution >= 0.6 is 0 Å². The number of amides is 1. The average molecular weight is 258 g/mol. The van der Waals surface area contributed by atoms with Crippen LogP contribution in [-0.2, 0) is 4.79 Å². The van der Waals surface area contributed by atoms with Crippen LogP contribution in [0.5, 0.6) is 0 Å². The highest BCUT2D eigenvalue weighted by molar-refractivity contribution is 5.76. The highest BCUT2D eigenvalue weighted by Gasteiger charge is 2.22. The zero-order chi connectivity index (χ0) is 13.7. The summed E-state index contributed by atoms with van der Waals surface area (Å²) in [5.74, 6) is 0.114. The first-order chi connectivity index (χ1) is 9.19. The number of carbonyl (C=O) groups excluding carboxylic acids is 1. The van der Waals surface area contributed by atoms with Gasteiger partial charge in [-0.15, -0.1) is 0 Å². The van der Waals surface area contributed by atoms with E-state index in [-0.39, 0.29) is 5.91 Å². The number of benzene rings is 1. The van der Waals surface area contributed by atoms with Crippen LogP contribution in [0.3, 0.4) is 0 Å². The summed E-state index contributed by atoms with van der Waals surface area (Å²) in [5.41, 5.74) is 7.75. The Morgan fingerprint density at radius 1 is 1.47 bits per heavy atom. The molecular weight excluding hydrogens is 240 g/mol. The fourth-order valence-electron chi connectivity index (χ4n) is 1.78. The molecule has 1 saturated carbocycles. The van der Waals surface area contributed by atoms with Crippen LogP contribution in [0.2, 0.25) is 0 Å². The third-order valence-electron chi connectivity index (χ3n) is 3.02. The lowest BCUT2D eigenvalue weighted by Crippen LogP contribution is -2.25. The minimum Gasteiger partial charge on any atom is -0.397 e. The van der Waals surface area contributed by atoms with Crippen molar-refractivity contribution in [3.05, 3.63) is 23.8 Å². The molecule has 1 aliphatic carbocycles. The van der Waals surface area contributed by atoms with Crippen LogP contribution in [0.1, 0.15) is 31.2 Å². The van der Waals surface area contributed by atoms with Gasteiger partial charge in [-0.3, -0.25) is 4.79 Å². The minimum absolute atomic E-state index is 0.114. The number of nitrogens with two attached hydrogens (primary N) is 1. The molecule has 0 aromatic heterocycles. The second kappa shape index (κ2) is 6.10. The molecule has 0 heterocycles. The maximum Gasteiger partial charge on any atom is 0.220 e. The number of hydrogen-bond acceptors (Lipinski definition) is 4. The monoisotopic (exact) mass is 258 g/mol. The number of hydrogen-bond donors (Lipinski definition) is 3. The Labute approximate surface area is 112 Å². The first kappa shape index (κ1) is 13.2. The molecule has 4 N–H and O–H groups in total. The summed E-state index contributed by atoms with van der Waals surface area (Å²) in [6.07, 6.45) is 3.49. The van der Waals surface area contributed by atoms with Crippen molar-refractivity contribution < 1.29 is 4.79 Å². The lowest BCUT2D eigenvalue weighted by Gasteiger charge is -2.09. The van der Waals surface area contributed by atoms with Gasteiger partial charge in [0.25, 0.3) is 0 Å². The number of nitrogens with one attached hydrogen (secondary N) is 2. The molecule has 100 valence electrons. The molecule has 0 atom stereocenters. The fourth-order valence-corrected chi connectivity index (χ4v) is 1.78. The Balaban J connectivity index is 1.72. The highest BCUT2D eigenvalue weighted by atomic mass is 16.1. The zero-order valence-corrected chi connectivity index (χ0v) is 10.8. The standard InChI is InChI=1S/C14H18N4O/c15-9-10-3-6-12(16)13(8-10)17-7-1-2-14(19)18-11-4-5-11/h3,6,8,11,17H,1-2,4-5,7,16H2,(H,18,19). The van der Waals surface area contributed by atoms with Crippen molar-refractivity contribution in [1.29, 1.82) is 5.26 Å². The molecule has 5 heteroatoms. The summed E-state index contributed by atoms with van der Waals surface area (Å²) in [7, 11) is 0. The number of nitrogen functional groups attached to an aromatic ring is 1. The first-order valence-corrected chi connectivity index (χ1v) is 6.52. The molecule has 0 saturated heterocycles. The molecule has 19 heavy (non-hydrogen) atoms. The van der Waals surface area contributed by atoms with E-state index in [0.717, 1.165) is 24.9 Å². The van der Waals surface area contributed by atoms with E-state index < -0.39 is 0 Å². The maximum absolute atomic E-state index is 11.5. The molecule has 2 rings (SSSR count). The fraction of sp³-hybridized carbons (Fsp3) is 0.429. The molecule has 0 aliphatic heterocycles. The molecule has 0 spiro atoms. The zero-order valence-electron chi connectivity index (χ0n) is 10.8. The third kappa shape index (κ3) is 4.18. The van der Waals surface area contributed by atoms with Crippen LogP contribution in [0.25, 0.3) is 0 Å². The summed E-state index contributed by atoms with van der Waals surface area (Å²) in [5, 5.41) is 14.9. The van der Waals surface area contributed by atoms with Crippen molar-refractivity contribution >= 4 is 17.3 Å². The molecule has 1 fully saturated rings. The van der Waals surface area contributed by atoms with Crippen LogP contribution in [0.4, 0.5) is 11.4 Å². The maximum atomic E-state index is 11.5. The van der Waals surface area contributed by atoms with Gasteiger partial charge in [-0.1, -0.05) is 0 Å². The third-order valence-corrected chi connectivity index (χ3v) is 3.02. The second-order valence-electron chi connectivity index (χ2n) is 4.79. The summed E-state index contributed by atoms with van der Waals surface area (Å²) in [4.78, 5) is 11.5. The Hall–Kier alpha value is -2.22. The predicted octanol–water partition coefficient (Wildman–Crippen LogP) is 1.61. The first-order valence-electron chi connectivity index (χ1n) is 6.52. The molecule has 0 radical (unpaired) electrons.